The molecule has 0 aliphatic heterocycles. The van der Waals surface area contributed by atoms with Gasteiger partial charge in [-0.05, 0) is 35.7 Å². The van der Waals surface area contributed by atoms with Crippen molar-refractivity contribution in [1.82, 2.24) is 9.97 Å². The molecule has 0 spiro atoms. The molecule has 3 aromatic carbocycles. The number of aromatic amines is 1. The van der Waals surface area contributed by atoms with E-state index in [1.165, 1.54) is 5.56 Å². The van der Waals surface area contributed by atoms with Gasteiger partial charge in [-0.1, -0.05) is 85.6 Å². The second-order valence-corrected chi connectivity index (χ2v) is 7.97. The lowest BCUT2D eigenvalue weighted by atomic mass is 10.0. The van der Waals surface area contributed by atoms with Crippen LogP contribution in [0.25, 0.3) is 33.9 Å². The van der Waals surface area contributed by atoms with Gasteiger partial charge in [0.25, 0.3) is 0 Å². The van der Waals surface area contributed by atoms with Crippen LogP contribution in [0, 0.1) is 0 Å². The van der Waals surface area contributed by atoms with Crippen molar-refractivity contribution < 1.29 is 0 Å². The van der Waals surface area contributed by atoms with Gasteiger partial charge in [0.15, 0.2) is 0 Å². The predicted octanol–water partition coefficient (Wildman–Crippen LogP) is 7.84. The highest BCUT2D eigenvalue weighted by molar-refractivity contribution is 6.31. The van der Waals surface area contributed by atoms with Crippen molar-refractivity contribution in [1.29, 1.82) is 0 Å². The van der Waals surface area contributed by atoms with Crippen molar-refractivity contribution in [2.45, 2.75) is 19.8 Å². The van der Waals surface area contributed by atoms with Gasteiger partial charge in [0.2, 0.25) is 0 Å². The zero-order chi connectivity index (χ0) is 19.7. The number of nitrogens with zero attached hydrogens (tertiary/aromatic N) is 1. The maximum atomic E-state index is 6.07. The predicted molar refractivity (Wildman–Crippen MR) is 119 cm³/mol. The number of hydrogen-bond donors (Lipinski definition) is 1. The summed E-state index contributed by atoms with van der Waals surface area (Å²) in [5.74, 6) is 1.34. The maximum absolute atomic E-state index is 6.07. The van der Waals surface area contributed by atoms with Crippen LogP contribution in [0.5, 0.6) is 0 Å². The minimum atomic E-state index is 0.500. The normalized spacial score (nSPS) is 11.2. The summed E-state index contributed by atoms with van der Waals surface area (Å²) in [6.45, 7) is 4.39. The Labute approximate surface area is 175 Å². The lowest BCUT2D eigenvalue weighted by molar-refractivity contribution is 0.867. The maximum Gasteiger partial charge on any atom is 0.138 e. The van der Waals surface area contributed by atoms with Crippen LogP contribution in [0.2, 0.25) is 10.0 Å². The third-order valence-electron chi connectivity index (χ3n) is 4.81. The summed E-state index contributed by atoms with van der Waals surface area (Å²) in [7, 11) is 0. The van der Waals surface area contributed by atoms with E-state index in [4.69, 9.17) is 28.2 Å². The SMILES string of the molecule is CC(C)c1ccc(-c2nc(-c3ccc(Cl)cc3)c(-c3ccc(Cl)cc3)[nH]2)cc1. The van der Waals surface area contributed by atoms with Crippen molar-refractivity contribution in [3.63, 3.8) is 0 Å². The molecule has 0 bridgehead atoms. The number of benzene rings is 3. The van der Waals surface area contributed by atoms with Crippen molar-refractivity contribution in [2.24, 2.45) is 0 Å². The van der Waals surface area contributed by atoms with E-state index in [2.05, 4.69) is 43.1 Å². The number of aromatic nitrogens is 2. The molecule has 0 radical (unpaired) electrons. The number of halogens is 2. The molecular formula is C24H20Cl2N2. The monoisotopic (exact) mass is 406 g/mol. The van der Waals surface area contributed by atoms with E-state index in [-0.39, 0.29) is 0 Å². The summed E-state index contributed by atoms with van der Waals surface area (Å²) in [5, 5.41) is 1.41. The van der Waals surface area contributed by atoms with Crippen molar-refractivity contribution in [3.05, 3.63) is 88.4 Å². The molecule has 0 aliphatic carbocycles. The molecule has 2 nitrogen and oxygen atoms in total. The molecule has 0 amide bonds. The highest BCUT2D eigenvalue weighted by Crippen LogP contribution is 2.34. The summed E-state index contributed by atoms with van der Waals surface area (Å²) < 4.78 is 0. The number of nitrogens with one attached hydrogen (secondary N) is 1. The first-order valence-electron chi connectivity index (χ1n) is 9.23. The average molecular weight is 407 g/mol. The zero-order valence-electron chi connectivity index (χ0n) is 15.7. The third-order valence-corrected chi connectivity index (χ3v) is 5.31. The second kappa shape index (κ2) is 7.83. The summed E-state index contributed by atoms with van der Waals surface area (Å²) >= 11 is 12.1. The minimum absolute atomic E-state index is 0.500. The standard InChI is InChI=1S/C24H20Cl2N2/c1-15(2)16-3-5-19(6-4-16)24-27-22(17-7-11-20(25)12-8-17)23(28-24)18-9-13-21(26)14-10-18/h3-15H,1-2H3,(H,27,28). The lowest BCUT2D eigenvalue weighted by Gasteiger charge is -2.05. The fourth-order valence-corrected chi connectivity index (χ4v) is 3.43. The molecule has 0 aliphatic rings. The largest absolute Gasteiger partial charge is 0.337 e. The van der Waals surface area contributed by atoms with E-state index in [1.54, 1.807) is 0 Å². The van der Waals surface area contributed by atoms with Gasteiger partial charge < -0.3 is 4.98 Å². The third kappa shape index (κ3) is 3.84. The Morgan fingerprint density at radius 2 is 1.18 bits per heavy atom. The molecular weight excluding hydrogens is 387 g/mol. The number of H-pyrrole nitrogens is 1. The number of imidazole rings is 1. The molecule has 0 saturated carbocycles. The number of rotatable bonds is 4. The molecule has 1 heterocycles. The molecule has 4 heteroatoms. The van der Waals surface area contributed by atoms with Gasteiger partial charge >= 0.3 is 0 Å². The summed E-state index contributed by atoms with van der Waals surface area (Å²) in [6.07, 6.45) is 0. The van der Waals surface area contributed by atoms with Crippen LogP contribution in [0.3, 0.4) is 0 Å². The Morgan fingerprint density at radius 1 is 0.679 bits per heavy atom. The van der Waals surface area contributed by atoms with Gasteiger partial charge in [-0.2, -0.15) is 0 Å². The first-order chi connectivity index (χ1) is 13.5. The van der Waals surface area contributed by atoms with Crippen LogP contribution in [0.15, 0.2) is 72.8 Å². The van der Waals surface area contributed by atoms with Gasteiger partial charge in [0, 0.05) is 26.7 Å². The van der Waals surface area contributed by atoms with E-state index in [0.717, 1.165) is 33.9 Å². The summed E-state index contributed by atoms with van der Waals surface area (Å²) in [6, 6.07) is 24.1. The smallest absolute Gasteiger partial charge is 0.138 e. The Hall–Kier alpha value is -2.55. The zero-order valence-corrected chi connectivity index (χ0v) is 17.2. The molecule has 0 fully saturated rings. The van der Waals surface area contributed by atoms with E-state index in [9.17, 15) is 0 Å². The quantitative estimate of drug-likeness (QED) is 0.367. The Balaban J connectivity index is 1.83. The molecule has 28 heavy (non-hydrogen) atoms. The van der Waals surface area contributed by atoms with Crippen LogP contribution < -0.4 is 0 Å². The van der Waals surface area contributed by atoms with Crippen LogP contribution in [0.4, 0.5) is 0 Å². The Bertz CT molecular complexity index is 1010. The lowest BCUT2D eigenvalue weighted by Crippen LogP contribution is -1.87. The highest BCUT2D eigenvalue weighted by Gasteiger charge is 2.15. The van der Waals surface area contributed by atoms with Gasteiger partial charge in [-0.15, -0.1) is 0 Å². The number of hydrogen-bond acceptors (Lipinski definition) is 1. The first-order valence-corrected chi connectivity index (χ1v) is 9.99. The van der Waals surface area contributed by atoms with E-state index in [0.29, 0.717) is 16.0 Å². The summed E-state index contributed by atoms with van der Waals surface area (Å²) in [4.78, 5) is 8.43. The van der Waals surface area contributed by atoms with Crippen molar-refractivity contribution in [3.8, 4) is 33.9 Å². The van der Waals surface area contributed by atoms with Crippen LogP contribution >= 0.6 is 23.2 Å². The molecule has 0 saturated heterocycles. The van der Waals surface area contributed by atoms with E-state index >= 15 is 0 Å². The van der Waals surface area contributed by atoms with E-state index in [1.807, 2.05) is 48.5 Å². The molecule has 0 unspecified atom stereocenters. The molecule has 4 aromatic rings. The first kappa shape index (κ1) is 18.8. The minimum Gasteiger partial charge on any atom is -0.337 e. The van der Waals surface area contributed by atoms with Gasteiger partial charge in [-0.25, -0.2) is 4.98 Å². The molecule has 1 aromatic heterocycles. The second-order valence-electron chi connectivity index (χ2n) is 7.10. The van der Waals surface area contributed by atoms with E-state index < -0.39 is 0 Å². The molecule has 1 N–H and O–H groups in total. The Morgan fingerprint density at radius 3 is 1.71 bits per heavy atom. The van der Waals surface area contributed by atoms with Gasteiger partial charge in [0.1, 0.15) is 5.82 Å². The van der Waals surface area contributed by atoms with Crippen LogP contribution in [-0.2, 0) is 0 Å². The van der Waals surface area contributed by atoms with Crippen molar-refractivity contribution in [2.75, 3.05) is 0 Å². The summed E-state index contributed by atoms with van der Waals surface area (Å²) in [5.41, 5.74) is 6.26. The fraction of sp³-hybridized carbons (Fsp3) is 0.125. The topological polar surface area (TPSA) is 28.7 Å². The van der Waals surface area contributed by atoms with Crippen LogP contribution in [0.1, 0.15) is 25.3 Å². The van der Waals surface area contributed by atoms with Crippen molar-refractivity contribution >= 4 is 23.2 Å². The molecule has 0 atom stereocenters. The van der Waals surface area contributed by atoms with Crippen LogP contribution in [-0.4, -0.2) is 9.97 Å². The fourth-order valence-electron chi connectivity index (χ4n) is 3.18. The Kier molecular flexibility index (Phi) is 5.25. The highest BCUT2D eigenvalue weighted by atomic mass is 35.5. The van der Waals surface area contributed by atoms with Gasteiger partial charge in [0.05, 0.1) is 11.4 Å². The average Bonchev–Trinajstić information content (AvgIpc) is 3.14. The molecule has 140 valence electrons. The molecule has 4 rings (SSSR count). The van der Waals surface area contributed by atoms with Gasteiger partial charge in [-0.3, -0.25) is 0 Å².